The number of rotatable bonds is 6. The molecule has 5 rings (SSSR count). The van der Waals surface area contributed by atoms with E-state index in [0.29, 0.717) is 46.0 Å². The van der Waals surface area contributed by atoms with Crippen LogP contribution in [-0.2, 0) is 19.1 Å². The number of carboxylic acid groups (broad SMARTS) is 1. The fourth-order valence-electron chi connectivity index (χ4n) is 5.16. The number of benzene rings is 2. The zero-order valence-corrected chi connectivity index (χ0v) is 20.7. The van der Waals surface area contributed by atoms with Gasteiger partial charge >= 0.3 is 11.9 Å². The molecule has 1 aliphatic heterocycles. The summed E-state index contributed by atoms with van der Waals surface area (Å²) in [6.07, 6.45) is 1.66. The van der Waals surface area contributed by atoms with E-state index in [4.69, 9.17) is 9.15 Å². The molecule has 2 heterocycles. The predicted octanol–water partition coefficient (Wildman–Crippen LogP) is 4.83. The van der Waals surface area contributed by atoms with Crippen molar-refractivity contribution in [1.82, 2.24) is 0 Å². The van der Waals surface area contributed by atoms with Gasteiger partial charge in [-0.3, -0.25) is 19.3 Å². The van der Waals surface area contributed by atoms with Gasteiger partial charge in [0.2, 0.25) is 5.91 Å². The number of hydrogen-bond acceptors (Lipinski definition) is 7. The topological polar surface area (TPSA) is 126 Å². The number of anilines is 2. The first kappa shape index (κ1) is 25.0. The van der Waals surface area contributed by atoms with E-state index < -0.39 is 23.9 Å². The van der Waals surface area contributed by atoms with Gasteiger partial charge in [-0.2, -0.15) is 0 Å². The van der Waals surface area contributed by atoms with E-state index in [1.54, 1.807) is 48.7 Å². The molecule has 1 amide bonds. The van der Waals surface area contributed by atoms with Gasteiger partial charge in [-0.1, -0.05) is 24.3 Å². The van der Waals surface area contributed by atoms with Crippen LogP contribution in [0, 0.1) is 0 Å². The minimum atomic E-state index is -1.09. The van der Waals surface area contributed by atoms with Crippen LogP contribution in [-0.4, -0.2) is 35.8 Å². The number of esters is 1. The number of allylic oxidation sites excluding steroid dienone is 1. The number of furan rings is 1. The van der Waals surface area contributed by atoms with E-state index in [1.807, 2.05) is 18.2 Å². The van der Waals surface area contributed by atoms with Crippen LogP contribution in [0.5, 0.6) is 0 Å². The third-order valence-corrected chi connectivity index (χ3v) is 6.90. The third-order valence-electron chi connectivity index (χ3n) is 6.90. The Morgan fingerprint density at radius 3 is 2.47 bits per heavy atom. The van der Waals surface area contributed by atoms with Crippen molar-refractivity contribution in [3.8, 4) is 0 Å². The van der Waals surface area contributed by atoms with Crippen LogP contribution in [0.4, 0.5) is 11.4 Å². The summed E-state index contributed by atoms with van der Waals surface area (Å²) in [5.74, 6) is -1.64. The summed E-state index contributed by atoms with van der Waals surface area (Å²) in [7, 11) is 1.29. The average molecular weight is 515 g/mol. The summed E-state index contributed by atoms with van der Waals surface area (Å²) < 4.78 is 10.4. The number of fused-ring (bicyclic) bond motifs is 1. The summed E-state index contributed by atoms with van der Waals surface area (Å²) in [4.78, 5) is 52.4. The standard InChI is InChI=1S/C29H26N2O7/c1-37-29(36)18-10-8-17(9-11-18)28-27-21(15-19(16-23(27)32)24-7-4-14-38-24)30-20-5-2-3-6-22(20)31(28)25(33)12-13-26(34)35/h2-11,14,19,28,30H,12-13,15-16H2,1H3,(H,34,35)/t19-,28+/m1/s1. The molecule has 2 atom stereocenters. The lowest BCUT2D eigenvalue weighted by molar-refractivity contribution is -0.138. The van der Waals surface area contributed by atoms with Crippen molar-refractivity contribution in [2.75, 3.05) is 17.3 Å². The number of ether oxygens (including phenoxy) is 1. The maximum absolute atomic E-state index is 13.8. The number of carbonyl (C=O) groups is 4. The lowest BCUT2D eigenvalue weighted by atomic mass is 9.80. The summed E-state index contributed by atoms with van der Waals surface area (Å²) in [5, 5.41) is 12.7. The number of nitrogens with one attached hydrogen (secondary N) is 1. The largest absolute Gasteiger partial charge is 0.481 e. The van der Waals surface area contributed by atoms with Crippen molar-refractivity contribution in [3.05, 3.63) is 95.1 Å². The second-order valence-corrected chi connectivity index (χ2v) is 9.25. The lowest BCUT2D eigenvalue weighted by Gasteiger charge is -2.35. The SMILES string of the molecule is COC(=O)c1ccc([C@H]2C3=C(C[C@@H](c4ccco4)CC3=O)Nc3ccccc3N2C(=O)CCC(=O)O)cc1. The van der Waals surface area contributed by atoms with Crippen molar-refractivity contribution in [2.45, 2.75) is 37.6 Å². The van der Waals surface area contributed by atoms with E-state index in [2.05, 4.69) is 5.32 Å². The normalized spacial score (nSPS) is 18.7. The first-order valence-corrected chi connectivity index (χ1v) is 12.2. The van der Waals surface area contributed by atoms with Crippen LogP contribution < -0.4 is 10.2 Å². The highest BCUT2D eigenvalue weighted by molar-refractivity contribution is 6.06. The average Bonchev–Trinajstić information content (AvgIpc) is 3.41. The molecule has 0 unspecified atom stereocenters. The van der Waals surface area contributed by atoms with Crippen molar-refractivity contribution < 1.29 is 33.4 Å². The molecule has 0 saturated carbocycles. The molecule has 3 aromatic rings. The number of Topliss-reactive ketones (excluding diaryl/α,β-unsaturated/α-hetero) is 1. The smallest absolute Gasteiger partial charge is 0.337 e. The quantitative estimate of drug-likeness (QED) is 0.448. The predicted molar refractivity (Wildman–Crippen MR) is 138 cm³/mol. The van der Waals surface area contributed by atoms with E-state index >= 15 is 0 Å². The maximum Gasteiger partial charge on any atom is 0.337 e. The van der Waals surface area contributed by atoms with Gasteiger partial charge in [0.25, 0.3) is 0 Å². The molecule has 9 heteroatoms. The van der Waals surface area contributed by atoms with Gasteiger partial charge in [-0.05, 0) is 48.4 Å². The molecule has 1 aliphatic carbocycles. The summed E-state index contributed by atoms with van der Waals surface area (Å²) in [6, 6.07) is 16.6. The van der Waals surface area contributed by atoms with E-state index in [0.717, 1.165) is 0 Å². The zero-order chi connectivity index (χ0) is 26.8. The Balaban J connectivity index is 1.68. The molecule has 0 saturated heterocycles. The minimum Gasteiger partial charge on any atom is -0.481 e. The lowest BCUT2D eigenvalue weighted by Crippen LogP contribution is -2.38. The molecule has 1 aromatic heterocycles. The second-order valence-electron chi connectivity index (χ2n) is 9.25. The Morgan fingerprint density at radius 1 is 1.03 bits per heavy atom. The van der Waals surface area contributed by atoms with Crippen LogP contribution in [0.15, 0.2) is 82.6 Å². The Morgan fingerprint density at radius 2 is 1.79 bits per heavy atom. The first-order valence-electron chi connectivity index (χ1n) is 12.2. The van der Waals surface area contributed by atoms with Gasteiger partial charge in [0.15, 0.2) is 5.78 Å². The van der Waals surface area contributed by atoms with E-state index in [9.17, 15) is 24.3 Å². The van der Waals surface area contributed by atoms with Crippen LogP contribution in [0.1, 0.15) is 59.3 Å². The van der Waals surface area contributed by atoms with Crippen molar-refractivity contribution in [1.29, 1.82) is 0 Å². The Bertz CT molecular complexity index is 1420. The van der Waals surface area contributed by atoms with Gasteiger partial charge in [-0.25, -0.2) is 4.79 Å². The number of methoxy groups -OCH3 is 1. The molecule has 0 bridgehead atoms. The van der Waals surface area contributed by atoms with Crippen molar-refractivity contribution >= 4 is 35.0 Å². The Labute approximate surface area is 218 Å². The summed E-state index contributed by atoms with van der Waals surface area (Å²) in [5.41, 5.74) is 3.20. The Kier molecular flexibility index (Phi) is 6.83. The van der Waals surface area contributed by atoms with Crippen LogP contribution in [0.2, 0.25) is 0 Å². The van der Waals surface area contributed by atoms with Gasteiger partial charge in [0.1, 0.15) is 5.76 Å². The molecule has 2 aliphatic rings. The van der Waals surface area contributed by atoms with Crippen LogP contribution in [0.3, 0.4) is 0 Å². The number of ketones is 1. The molecule has 9 nitrogen and oxygen atoms in total. The fourth-order valence-corrected chi connectivity index (χ4v) is 5.16. The van der Waals surface area contributed by atoms with Crippen molar-refractivity contribution in [2.24, 2.45) is 0 Å². The minimum absolute atomic E-state index is 0.147. The monoisotopic (exact) mass is 514 g/mol. The molecule has 2 N–H and O–H groups in total. The van der Waals surface area contributed by atoms with Gasteiger partial charge < -0.3 is 19.6 Å². The molecular formula is C29H26N2O7. The number of carbonyl (C=O) groups excluding carboxylic acids is 3. The molecule has 0 radical (unpaired) electrons. The first-order chi connectivity index (χ1) is 18.4. The highest BCUT2D eigenvalue weighted by atomic mass is 16.5. The number of para-hydroxylation sites is 2. The summed E-state index contributed by atoms with van der Waals surface area (Å²) >= 11 is 0. The van der Waals surface area contributed by atoms with E-state index in [-0.39, 0.29) is 31.0 Å². The number of amides is 1. The molecule has 38 heavy (non-hydrogen) atoms. The van der Waals surface area contributed by atoms with Gasteiger partial charge in [-0.15, -0.1) is 0 Å². The fraction of sp³-hybridized carbons (Fsp3) is 0.241. The number of carboxylic acids is 1. The van der Waals surface area contributed by atoms with Crippen LogP contribution >= 0.6 is 0 Å². The molecule has 194 valence electrons. The highest BCUT2D eigenvalue weighted by Gasteiger charge is 2.42. The molecule has 2 aromatic carbocycles. The second kappa shape index (κ2) is 10.4. The number of aliphatic carboxylic acids is 1. The summed E-state index contributed by atoms with van der Waals surface area (Å²) in [6.45, 7) is 0. The van der Waals surface area contributed by atoms with Crippen LogP contribution in [0.25, 0.3) is 0 Å². The maximum atomic E-state index is 13.8. The number of hydrogen-bond donors (Lipinski definition) is 2. The highest BCUT2D eigenvalue weighted by Crippen LogP contribution is 2.47. The third kappa shape index (κ3) is 4.70. The van der Waals surface area contributed by atoms with Crippen molar-refractivity contribution in [3.63, 3.8) is 0 Å². The molecule has 0 spiro atoms. The Hall–Kier alpha value is -4.66. The van der Waals surface area contributed by atoms with Gasteiger partial charge in [0, 0.05) is 30.0 Å². The molecule has 0 fully saturated rings. The zero-order valence-electron chi connectivity index (χ0n) is 20.7. The van der Waals surface area contributed by atoms with E-state index in [1.165, 1.54) is 12.0 Å². The number of nitrogens with zero attached hydrogens (tertiary/aromatic N) is 1. The van der Waals surface area contributed by atoms with Gasteiger partial charge in [0.05, 0.1) is 42.8 Å². The molecular weight excluding hydrogens is 488 g/mol.